The van der Waals surface area contributed by atoms with Crippen molar-refractivity contribution >= 4 is 5.91 Å². The SMILES string of the molecule is COc1ccccc1OCC(=O)NCC1CCCN(Cc2cncnc2)C1. The van der Waals surface area contributed by atoms with E-state index in [1.165, 1.54) is 0 Å². The monoisotopic (exact) mass is 370 g/mol. The van der Waals surface area contributed by atoms with Crippen molar-refractivity contribution < 1.29 is 14.3 Å². The molecule has 3 rings (SSSR count). The topological polar surface area (TPSA) is 76.6 Å². The average Bonchev–Trinajstić information content (AvgIpc) is 2.72. The van der Waals surface area contributed by atoms with Gasteiger partial charge in [0.15, 0.2) is 18.1 Å². The first-order valence-corrected chi connectivity index (χ1v) is 9.23. The fraction of sp³-hybridized carbons (Fsp3) is 0.450. The maximum atomic E-state index is 12.1. The van der Waals surface area contributed by atoms with E-state index in [9.17, 15) is 4.79 Å². The Hall–Kier alpha value is -2.67. The number of benzene rings is 1. The van der Waals surface area contributed by atoms with E-state index in [0.29, 0.717) is 24.0 Å². The summed E-state index contributed by atoms with van der Waals surface area (Å²) in [7, 11) is 1.58. The first kappa shape index (κ1) is 19.1. The Morgan fingerprint density at radius 2 is 2.04 bits per heavy atom. The van der Waals surface area contributed by atoms with Gasteiger partial charge in [-0.3, -0.25) is 9.69 Å². The minimum Gasteiger partial charge on any atom is -0.493 e. The van der Waals surface area contributed by atoms with Crippen molar-refractivity contribution in [3.8, 4) is 11.5 Å². The third kappa shape index (κ3) is 5.92. The number of methoxy groups -OCH3 is 1. The predicted octanol–water partition coefficient (Wildman–Crippen LogP) is 1.89. The Bertz CT molecular complexity index is 726. The van der Waals surface area contributed by atoms with Crippen LogP contribution in [0.1, 0.15) is 18.4 Å². The first-order chi connectivity index (χ1) is 13.2. The number of rotatable bonds is 8. The summed E-state index contributed by atoms with van der Waals surface area (Å²) in [6.07, 6.45) is 7.51. The highest BCUT2D eigenvalue weighted by molar-refractivity contribution is 5.77. The number of para-hydroxylation sites is 2. The second-order valence-corrected chi connectivity index (χ2v) is 6.73. The van der Waals surface area contributed by atoms with Crippen LogP contribution < -0.4 is 14.8 Å². The lowest BCUT2D eigenvalue weighted by molar-refractivity contribution is -0.123. The van der Waals surface area contributed by atoms with E-state index in [1.54, 1.807) is 19.5 Å². The number of carbonyl (C=O) groups excluding carboxylic acids is 1. The van der Waals surface area contributed by atoms with Gasteiger partial charge in [-0.05, 0) is 37.4 Å². The summed E-state index contributed by atoms with van der Waals surface area (Å²) in [6.45, 7) is 3.52. The van der Waals surface area contributed by atoms with Crippen LogP contribution in [-0.4, -0.2) is 54.1 Å². The molecule has 1 aliphatic rings. The van der Waals surface area contributed by atoms with Gasteiger partial charge in [0.1, 0.15) is 6.33 Å². The Kier molecular flexibility index (Phi) is 6.98. The van der Waals surface area contributed by atoms with Crippen molar-refractivity contribution in [3.05, 3.63) is 48.5 Å². The molecule has 0 saturated carbocycles. The minimum absolute atomic E-state index is 0.0157. The van der Waals surface area contributed by atoms with Gasteiger partial charge >= 0.3 is 0 Å². The Morgan fingerprint density at radius 3 is 2.81 bits per heavy atom. The fourth-order valence-electron chi connectivity index (χ4n) is 3.32. The number of nitrogens with zero attached hydrogens (tertiary/aromatic N) is 3. The Labute approximate surface area is 159 Å². The van der Waals surface area contributed by atoms with Gasteiger partial charge in [-0.25, -0.2) is 9.97 Å². The minimum atomic E-state index is -0.116. The molecule has 1 aromatic heterocycles. The van der Waals surface area contributed by atoms with E-state index in [-0.39, 0.29) is 12.5 Å². The quantitative estimate of drug-likeness (QED) is 0.765. The molecule has 1 atom stereocenters. The number of nitrogens with one attached hydrogen (secondary N) is 1. The van der Waals surface area contributed by atoms with Crippen molar-refractivity contribution in [2.75, 3.05) is 33.4 Å². The molecule has 1 amide bonds. The number of carbonyl (C=O) groups is 1. The summed E-state index contributed by atoms with van der Waals surface area (Å²) in [6, 6.07) is 7.31. The number of aromatic nitrogens is 2. The number of ether oxygens (including phenoxy) is 2. The largest absolute Gasteiger partial charge is 0.493 e. The van der Waals surface area contributed by atoms with Crippen LogP contribution in [0.5, 0.6) is 11.5 Å². The molecule has 1 unspecified atom stereocenters. The van der Waals surface area contributed by atoms with E-state index in [2.05, 4.69) is 20.2 Å². The molecule has 7 nitrogen and oxygen atoms in total. The standard InChI is InChI=1S/C20H26N4O3/c1-26-18-6-2-3-7-19(18)27-14-20(25)23-11-16-5-4-8-24(12-16)13-17-9-21-15-22-10-17/h2-3,6-7,9-10,15-16H,4-5,8,11-14H2,1H3,(H,23,25). The average molecular weight is 370 g/mol. The number of hydrogen-bond acceptors (Lipinski definition) is 6. The molecule has 2 aromatic rings. The van der Waals surface area contributed by atoms with Crippen molar-refractivity contribution in [2.45, 2.75) is 19.4 Å². The van der Waals surface area contributed by atoms with Crippen LogP contribution in [0.2, 0.25) is 0 Å². The van der Waals surface area contributed by atoms with E-state index in [0.717, 1.165) is 38.0 Å². The van der Waals surface area contributed by atoms with E-state index in [4.69, 9.17) is 9.47 Å². The van der Waals surface area contributed by atoms with Crippen molar-refractivity contribution in [1.29, 1.82) is 0 Å². The van der Waals surface area contributed by atoms with Gasteiger partial charge in [-0.15, -0.1) is 0 Å². The predicted molar refractivity (Wildman–Crippen MR) is 102 cm³/mol. The van der Waals surface area contributed by atoms with Gasteiger partial charge in [0.2, 0.25) is 0 Å². The molecular weight excluding hydrogens is 344 g/mol. The number of amides is 1. The highest BCUT2D eigenvalue weighted by atomic mass is 16.5. The zero-order valence-corrected chi connectivity index (χ0v) is 15.6. The summed E-state index contributed by atoms with van der Waals surface area (Å²) in [5.41, 5.74) is 1.12. The summed E-state index contributed by atoms with van der Waals surface area (Å²) < 4.78 is 10.8. The van der Waals surface area contributed by atoms with Crippen LogP contribution >= 0.6 is 0 Å². The van der Waals surface area contributed by atoms with Crippen LogP contribution in [0.25, 0.3) is 0 Å². The van der Waals surface area contributed by atoms with Crippen LogP contribution in [0.3, 0.4) is 0 Å². The summed E-state index contributed by atoms with van der Waals surface area (Å²) in [5.74, 6) is 1.52. The zero-order chi connectivity index (χ0) is 18.9. The smallest absolute Gasteiger partial charge is 0.257 e. The van der Waals surface area contributed by atoms with Crippen LogP contribution in [0.4, 0.5) is 0 Å². The molecule has 2 heterocycles. The number of piperidine rings is 1. The lowest BCUT2D eigenvalue weighted by Crippen LogP contribution is -2.41. The zero-order valence-electron chi connectivity index (χ0n) is 15.6. The molecule has 27 heavy (non-hydrogen) atoms. The van der Waals surface area contributed by atoms with Crippen molar-refractivity contribution in [1.82, 2.24) is 20.2 Å². The molecule has 1 aliphatic heterocycles. The molecule has 1 aromatic carbocycles. The summed E-state index contributed by atoms with van der Waals surface area (Å²) in [4.78, 5) is 22.7. The van der Waals surface area contributed by atoms with E-state index < -0.39 is 0 Å². The van der Waals surface area contributed by atoms with E-state index >= 15 is 0 Å². The van der Waals surface area contributed by atoms with Crippen LogP contribution in [0, 0.1) is 5.92 Å². The molecule has 0 radical (unpaired) electrons. The molecule has 0 spiro atoms. The van der Waals surface area contributed by atoms with Gasteiger partial charge < -0.3 is 14.8 Å². The second-order valence-electron chi connectivity index (χ2n) is 6.73. The van der Waals surface area contributed by atoms with E-state index in [1.807, 2.05) is 30.6 Å². The molecule has 0 bridgehead atoms. The van der Waals surface area contributed by atoms with Crippen LogP contribution in [0.15, 0.2) is 43.0 Å². The Morgan fingerprint density at radius 1 is 1.26 bits per heavy atom. The molecule has 1 saturated heterocycles. The van der Waals surface area contributed by atoms with Crippen molar-refractivity contribution in [2.24, 2.45) is 5.92 Å². The fourth-order valence-corrected chi connectivity index (χ4v) is 3.32. The molecule has 144 valence electrons. The maximum absolute atomic E-state index is 12.1. The van der Waals surface area contributed by atoms with Gasteiger partial charge in [0.05, 0.1) is 7.11 Å². The second kappa shape index (κ2) is 9.87. The van der Waals surface area contributed by atoms with Gasteiger partial charge in [-0.2, -0.15) is 0 Å². The lowest BCUT2D eigenvalue weighted by atomic mass is 9.97. The molecule has 7 heteroatoms. The van der Waals surface area contributed by atoms with Gasteiger partial charge in [-0.1, -0.05) is 12.1 Å². The molecule has 0 aliphatic carbocycles. The van der Waals surface area contributed by atoms with Crippen LogP contribution in [-0.2, 0) is 11.3 Å². The third-order valence-electron chi connectivity index (χ3n) is 4.64. The molecular formula is C20H26N4O3. The maximum Gasteiger partial charge on any atom is 0.257 e. The third-order valence-corrected chi connectivity index (χ3v) is 4.64. The molecule has 1 N–H and O–H groups in total. The lowest BCUT2D eigenvalue weighted by Gasteiger charge is -2.32. The number of hydrogen-bond donors (Lipinski definition) is 1. The van der Waals surface area contributed by atoms with Crippen molar-refractivity contribution in [3.63, 3.8) is 0 Å². The number of likely N-dealkylation sites (tertiary alicyclic amines) is 1. The summed E-state index contributed by atoms with van der Waals surface area (Å²) in [5, 5.41) is 2.99. The molecule has 1 fully saturated rings. The van der Waals surface area contributed by atoms with Gasteiger partial charge in [0, 0.05) is 37.6 Å². The summed E-state index contributed by atoms with van der Waals surface area (Å²) >= 11 is 0. The van der Waals surface area contributed by atoms with Gasteiger partial charge in [0.25, 0.3) is 5.91 Å². The Balaban J connectivity index is 1.40. The first-order valence-electron chi connectivity index (χ1n) is 9.23. The highest BCUT2D eigenvalue weighted by Crippen LogP contribution is 2.25. The highest BCUT2D eigenvalue weighted by Gasteiger charge is 2.20. The normalized spacial score (nSPS) is 17.3.